The maximum Gasteiger partial charge on any atom is 0.262 e. The highest BCUT2D eigenvalue weighted by molar-refractivity contribution is 6.15. The van der Waals surface area contributed by atoms with Gasteiger partial charge in [0.2, 0.25) is 5.91 Å². The minimum Gasteiger partial charge on any atom is -0.484 e. The maximum absolute atomic E-state index is 13.0. The van der Waals surface area contributed by atoms with Crippen LogP contribution in [0.25, 0.3) is 0 Å². The van der Waals surface area contributed by atoms with Crippen molar-refractivity contribution in [3.63, 3.8) is 0 Å². The Labute approximate surface area is 184 Å². The van der Waals surface area contributed by atoms with Crippen LogP contribution < -0.4 is 20.3 Å². The van der Waals surface area contributed by atoms with Crippen LogP contribution >= 0.6 is 0 Å². The number of rotatable bonds is 5. The van der Waals surface area contributed by atoms with Crippen LogP contribution in [0.3, 0.4) is 0 Å². The van der Waals surface area contributed by atoms with Crippen molar-refractivity contribution in [3.8, 4) is 11.8 Å². The Morgan fingerprint density at radius 3 is 2.47 bits per heavy atom. The normalized spacial score (nSPS) is 12.2. The molecule has 1 heterocycles. The topological polar surface area (TPSA) is 112 Å². The van der Waals surface area contributed by atoms with Gasteiger partial charge in [-0.1, -0.05) is 12.1 Å². The lowest BCUT2D eigenvalue weighted by atomic mass is 10.1. The molecule has 8 heteroatoms. The SMILES string of the molecule is N#Cc1ccc(OCC(=O)Nc2ccc(C(=O)N3CC(=O)Nc4ccccc43)cc2)cc1. The number of amides is 3. The predicted octanol–water partition coefficient (Wildman–Crippen LogP) is 3.17. The molecule has 0 fully saturated rings. The summed E-state index contributed by atoms with van der Waals surface area (Å²) in [5.41, 5.74) is 2.62. The van der Waals surface area contributed by atoms with E-state index in [1.54, 1.807) is 72.8 Å². The lowest BCUT2D eigenvalue weighted by molar-refractivity contribution is -0.118. The van der Waals surface area contributed by atoms with Gasteiger partial charge >= 0.3 is 0 Å². The van der Waals surface area contributed by atoms with Crippen LogP contribution in [-0.4, -0.2) is 30.9 Å². The van der Waals surface area contributed by atoms with Gasteiger partial charge in [-0.2, -0.15) is 5.26 Å². The zero-order chi connectivity index (χ0) is 22.5. The molecule has 8 nitrogen and oxygen atoms in total. The fraction of sp³-hybridized carbons (Fsp3) is 0.0833. The summed E-state index contributed by atoms with van der Waals surface area (Å²) in [7, 11) is 0. The molecule has 0 radical (unpaired) electrons. The van der Waals surface area contributed by atoms with Gasteiger partial charge in [0.05, 0.1) is 23.0 Å². The van der Waals surface area contributed by atoms with Crippen molar-refractivity contribution >= 4 is 34.8 Å². The van der Waals surface area contributed by atoms with Crippen LogP contribution in [0.15, 0.2) is 72.8 Å². The van der Waals surface area contributed by atoms with Gasteiger partial charge in [-0.05, 0) is 60.7 Å². The van der Waals surface area contributed by atoms with E-state index in [-0.39, 0.29) is 30.9 Å². The predicted molar refractivity (Wildman–Crippen MR) is 118 cm³/mol. The van der Waals surface area contributed by atoms with E-state index in [9.17, 15) is 14.4 Å². The number of fused-ring (bicyclic) bond motifs is 1. The van der Waals surface area contributed by atoms with E-state index < -0.39 is 0 Å². The summed E-state index contributed by atoms with van der Waals surface area (Å²) < 4.78 is 5.40. The monoisotopic (exact) mass is 426 g/mol. The minimum atomic E-state index is -0.366. The molecular formula is C24H18N4O4. The second kappa shape index (κ2) is 9.02. The number of nitrogens with zero attached hydrogens (tertiary/aromatic N) is 2. The Balaban J connectivity index is 1.37. The van der Waals surface area contributed by atoms with E-state index in [1.807, 2.05) is 6.07 Å². The average molecular weight is 426 g/mol. The standard InChI is InChI=1S/C24H18N4O4/c25-13-16-5-11-19(12-6-16)32-15-23(30)26-18-9-7-17(8-10-18)24(31)28-14-22(29)27-20-3-1-2-4-21(20)28/h1-12H,14-15H2,(H,26,30)(H,27,29). The molecule has 0 atom stereocenters. The van der Waals surface area contributed by atoms with E-state index in [2.05, 4.69) is 10.6 Å². The lowest BCUT2D eigenvalue weighted by Gasteiger charge is -2.29. The molecule has 3 aromatic carbocycles. The van der Waals surface area contributed by atoms with Crippen molar-refractivity contribution in [2.24, 2.45) is 0 Å². The number of para-hydroxylation sites is 2. The number of nitriles is 1. The molecule has 158 valence electrons. The number of carbonyl (C=O) groups is 3. The molecule has 2 N–H and O–H groups in total. The van der Waals surface area contributed by atoms with Gasteiger partial charge < -0.3 is 15.4 Å². The molecular weight excluding hydrogens is 408 g/mol. The van der Waals surface area contributed by atoms with Gasteiger partial charge in [-0.3, -0.25) is 19.3 Å². The Morgan fingerprint density at radius 1 is 1.03 bits per heavy atom. The van der Waals surface area contributed by atoms with Crippen LogP contribution in [0, 0.1) is 11.3 Å². The zero-order valence-corrected chi connectivity index (χ0v) is 16.9. The molecule has 4 rings (SSSR count). The molecule has 0 saturated heterocycles. The summed E-state index contributed by atoms with van der Waals surface area (Å²) in [6, 6.07) is 22.0. The number of ether oxygens (including phenoxy) is 1. The van der Waals surface area contributed by atoms with Gasteiger partial charge in [0.1, 0.15) is 12.3 Å². The van der Waals surface area contributed by atoms with Gasteiger partial charge in [-0.25, -0.2) is 0 Å². The Morgan fingerprint density at radius 2 is 1.75 bits per heavy atom. The van der Waals surface area contributed by atoms with E-state index in [0.717, 1.165) is 0 Å². The third-order valence-electron chi connectivity index (χ3n) is 4.78. The number of benzene rings is 3. The third kappa shape index (κ3) is 4.57. The second-order valence-corrected chi connectivity index (χ2v) is 7.01. The van der Waals surface area contributed by atoms with Crippen LogP contribution in [0.4, 0.5) is 17.1 Å². The quantitative estimate of drug-likeness (QED) is 0.651. The minimum absolute atomic E-state index is 0.0684. The maximum atomic E-state index is 13.0. The van der Waals surface area contributed by atoms with Crippen molar-refractivity contribution in [2.45, 2.75) is 0 Å². The number of hydrogen-bond donors (Lipinski definition) is 2. The summed E-state index contributed by atoms with van der Waals surface area (Å²) in [4.78, 5) is 38.5. The number of nitrogens with one attached hydrogen (secondary N) is 2. The first-order valence-corrected chi connectivity index (χ1v) is 9.77. The van der Waals surface area contributed by atoms with Crippen LogP contribution in [0.5, 0.6) is 5.75 Å². The van der Waals surface area contributed by atoms with Crippen molar-refractivity contribution < 1.29 is 19.1 Å². The third-order valence-corrected chi connectivity index (χ3v) is 4.78. The second-order valence-electron chi connectivity index (χ2n) is 7.01. The molecule has 0 saturated carbocycles. The summed E-state index contributed by atoms with van der Waals surface area (Å²) in [6.45, 7) is -0.271. The number of hydrogen-bond acceptors (Lipinski definition) is 5. The molecule has 3 amide bonds. The smallest absolute Gasteiger partial charge is 0.262 e. The molecule has 3 aromatic rings. The van der Waals surface area contributed by atoms with E-state index in [4.69, 9.17) is 10.00 Å². The summed E-state index contributed by atoms with van der Waals surface area (Å²) in [6.07, 6.45) is 0. The molecule has 1 aliphatic rings. The molecule has 0 aliphatic carbocycles. The molecule has 0 aromatic heterocycles. The van der Waals surface area contributed by atoms with Crippen molar-refractivity contribution in [1.29, 1.82) is 5.26 Å². The number of carbonyl (C=O) groups excluding carboxylic acids is 3. The lowest BCUT2D eigenvalue weighted by Crippen LogP contribution is -2.42. The summed E-state index contributed by atoms with van der Waals surface area (Å²) in [5, 5.41) is 14.2. The van der Waals surface area contributed by atoms with Gasteiger partial charge in [0, 0.05) is 11.3 Å². The van der Waals surface area contributed by atoms with Gasteiger partial charge in [-0.15, -0.1) is 0 Å². The van der Waals surface area contributed by atoms with E-state index >= 15 is 0 Å². The first-order chi connectivity index (χ1) is 15.5. The van der Waals surface area contributed by atoms with Crippen LogP contribution in [0.2, 0.25) is 0 Å². The summed E-state index contributed by atoms with van der Waals surface area (Å²) >= 11 is 0. The average Bonchev–Trinajstić information content (AvgIpc) is 2.82. The van der Waals surface area contributed by atoms with Crippen molar-refractivity contribution in [3.05, 3.63) is 83.9 Å². The molecule has 32 heavy (non-hydrogen) atoms. The van der Waals surface area contributed by atoms with E-state index in [1.165, 1.54) is 4.90 Å². The van der Waals surface area contributed by atoms with Gasteiger partial charge in [0.25, 0.3) is 11.8 Å². The van der Waals surface area contributed by atoms with E-state index in [0.29, 0.717) is 33.9 Å². The summed E-state index contributed by atoms with van der Waals surface area (Å²) in [5.74, 6) is -0.460. The highest BCUT2D eigenvalue weighted by Crippen LogP contribution is 2.30. The molecule has 0 spiro atoms. The first-order valence-electron chi connectivity index (χ1n) is 9.77. The van der Waals surface area contributed by atoms with Gasteiger partial charge in [0.15, 0.2) is 6.61 Å². The Bertz CT molecular complexity index is 1210. The van der Waals surface area contributed by atoms with Crippen LogP contribution in [0.1, 0.15) is 15.9 Å². The fourth-order valence-electron chi connectivity index (χ4n) is 3.24. The highest BCUT2D eigenvalue weighted by atomic mass is 16.5. The largest absolute Gasteiger partial charge is 0.484 e. The molecule has 0 bridgehead atoms. The van der Waals surface area contributed by atoms with Crippen molar-refractivity contribution in [1.82, 2.24) is 0 Å². The Hall–Kier alpha value is -4.64. The molecule has 0 unspecified atom stereocenters. The van der Waals surface area contributed by atoms with Crippen LogP contribution in [-0.2, 0) is 9.59 Å². The zero-order valence-electron chi connectivity index (χ0n) is 16.9. The fourth-order valence-corrected chi connectivity index (χ4v) is 3.24. The first kappa shape index (κ1) is 20.6. The molecule has 1 aliphatic heterocycles. The van der Waals surface area contributed by atoms with Crippen molar-refractivity contribution in [2.75, 3.05) is 28.7 Å². The number of anilines is 3. The highest BCUT2D eigenvalue weighted by Gasteiger charge is 2.27. The Kier molecular flexibility index (Phi) is 5.81.